The minimum absolute atomic E-state index is 0.291. The van der Waals surface area contributed by atoms with Gasteiger partial charge in [-0.25, -0.2) is 9.78 Å². The molecule has 0 amide bonds. The summed E-state index contributed by atoms with van der Waals surface area (Å²) in [5, 5.41) is 0. The fourth-order valence-electron chi connectivity index (χ4n) is 1.84. The molecule has 0 fully saturated rings. The summed E-state index contributed by atoms with van der Waals surface area (Å²) >= 11 is 0. The molecule has 1 N–H and O–H groups in total. The average molecular weight is 252 g/mol. The number of ether oxygens (including phenoxy) is 1. The molecule has 98 valence electrons. The highest BCUT2D eigenvalue weighted by molar-refractivity contribution is 5.68. The predicted molar refractivity (Wildman–Crippen MR) is 66.8 cm³/mol. The lowest BCUT2D eigenvalue weighted by Crippen LogP contribution is -2.35. The van der Waals surface area contributed by atoms with Crippen molar-refractivity contribution < 1.29 is 4.74 Å². The second kappa shape index (κ2) is 5.18. The number of rotatable bonds is 5. The molecule has 7 heteroatoms. The zero-order chi connectivity index (χ0) is 13.1. The van der Waals surface area contributed by atoms with Gasteiger partial charge in [0.25, 0.3) is 5.56 Å². The third kappa shape index (κ3) is 2.08. The van der Waals surface area contributed by atoms with Crippen molar-refractivity contribution >= 4 is 11.2 Å². The standard InChI is InChI=1S/C11H16N4O3/c1-3-4-15-10(16)8-9(13-11(15)17)14(7-12-8)5-6-18-2/h7H,3-6H2,1-2H3,(H,13,17). The summed E-state index contributed by atoms with van der Waals surface area (Å²) in [5.74, 6) is 0. The van der Waals surface area contributed by atoms with Crippen LogP contribution in [0, 0.1) is 0 Å². The summed E-state index contributed by atoms with van der Waals surface area (Å²) < 4.78 is 7.85. The lowest BCUT2D eigenvalue weighted by Gasteiger charge is -2.04. The first-order valence-corrected chi connectivity index (χ1v) is 5.86. The molecule has 0 aliphatic rings. The monoisotopic (exact) mass is 252 g/mol. The molecule has 2 rings (SSSR count). The van der Waals surface area contributed by atoms with E-state index in [1.165, 1.54) is 10.9 Å². The predicted octanol–water partition coefficient (Wildman–Crippen LogP) is -0.0573. The Kier molecular flexibility index (Phi) is 3.61. The molecule has 7 nitrogen and oxygen atoms in total. The van der Waals surface area contributed by atoms with Crippen molar-refractivity contribution in [1.29, 1.82) is 0 Å². The third-order valence-corrected chi connectivity index (χ3v) is 2.74. The molecule has 0 saturated heterocycles. The van der Waals surface area contributed by atoms with Crippen LogP contribution in [0.15, 0.2) is 15.9 Å². The van der Waals surface area contributed by atoms with Gasteiger partial charge in [0.2, 0.25) is 0 Å². The van der Waals surface area contributed by atoms with Crippen LogP contribution in [-0.4, -0.2) is 32.8 Å². The number of hydrogen-bond donors (Lipinski definition) is 1. The Balaban J connectivity index is 2.57. The second-order valence-corrected chi connectivity index (χ2v) is 4.01. The number of fused-ring (bicyclic) bond motifs is 1. The normalized spacial score (nSPS) is 11.2. The molecule has 2 aromatic rings. The fourth-order valence-corrected chi connectivity index (χ4v) is 1.84. The van der Waals surface area contributed by atoms with E-state index in [-0.39, 0.29) is 5.56 Å². The van der Waals surface area contributed by atoms with Crippen molar-refractivity contribution in [2.75, 3.05) is 13.7 Å². The van der Waals surface area contributed by atoms with Crippen molar-refractivity contribution in [2.45, 2.75) is 26.4 Å². The molecule has 0 spiro atoms. The zero-order valence-electron chi connectivity index (χ0n) is 10.5. The van der Waals surface area contributed by atoms with Gasteiger partial charge in [0, 0.05) is 20.2 Å². The van der Waals surface area contributed by atoms with Crippen LogP contribution in [0.1, 0.15) is 13.3 Å². The molecule has 0 bridgehead atoms. The van der Waals surface area contributed by atoms with Crippen LogP contribution < -0.4 is 11.2 Å². The largest absolute Gasteiger partial charge is 0.383 e. The molecule has 18 heavy (non-hydrogen) atoms. The minimum Gasteiger partial charge on any atom is -0.383 e. The van der Waals surface area contributed by atoms with E-state index < -0.39 is 5.69 Å². The van der Waals surface area contributed by atoms with Crippen molar-refractivity contribution in [2.24, 2.45) is 0 Å². The van der Waals surface area contributed by atoms with E-state index in [1.807, 2.05) is 6.92 Å². The van der Waals surface area contributed by atoms with Gasteiger partial charge >= 0.3 is 5.69 Å². The fraction of sp³-hybridized carbons (Fsp3) is 0.545. The number of hydrogen-bond acceptors (Lipinski definition) is 4. The quantitative estimate of drug-likeness (QED) is 0.808. The maximum Gasteiger partial charge on any atom is 0.330 e. The van der Waals surface area contributed by atoms with Crippen LogP contribution in [0.3, 0.4) is 0 Å². The Hall–Kier alpha value is -1.89. The second-order valence-electron chi connectivity index (χ2n) is 4.01. The van der Waals surface area contributed by atoms with Gasteiger partial charge in [-0.1, -0.05) is 6.92 Å². The van der Waals surface area contributed by atoms with Crippen LogP contribution in [0.2, 0.25) is 0 Å². The first-order valence-electron chi connectivity index (χ1n) is 5.86. The van der Waals surface area contributed by atoms with Crippen molar-refractivity contribution in [3.8, 4) is 0 Å². The van der Waals surface area contributed by atoms with E-state index in [1.54, 1.807) is 11.7 Å². The molecule has 0 aliphatic heterocycles. The number of aromatic amines is 1. The van der Waals surface area contributed by atoms with Crippen molar-refractivity contribution in [1.82, 2.24) is 19.1 Å². The summed E-state index contributed by atoms with van der Waals surface area (Å²) in [7, 11) is 1.59. The van der Waals surface area contributed by atoms with Crippen molar-refractivity contribution in [3.05, 3.63) is 27.2 Å². The highest BCUT2D eigenvalue weighted by Crippen LogP contribution is 2.03. The Bertz CT molecular complexity index is 652. The number of nitrogens with zero attached hydrogens (tertiary/aromatic N) is 3. The average Bonchev–Trinajstić information content (AvgIpc) is 2.75. The molecule has 0 aliphatic carbocycles. The number of methoxy groups -OCH3 is 1. The molecular weight excluding hydrogens is 236 g/mol. The number of imidazole rings is 1. The van der Waals surface area contributed by atoms with Crippen LogP contribution in [0.25, 0.3) is 11.2 Å². The van der Waals surface area contributed by atoms with Crippen LogP contribution in [-0.2, 0) is 17.8 Å². The summed E-state index contributed by atoms with van der Waals surface area (Å²) in [6, 6.07) is 0. The third-order valence-electron chi connectivity index (χ3n) is 2.74. The zero-order valence-corrected chi connectivity index (χ0v) is 10.5. The summed E-state index contributed by atoms with van der Waals surface area (Å²) in [5.41, 5.74) is 0.00818. The van der Waals surface area contributed by atoms with Gasteiger partial charge in [-0.15, -0.1) is 0 Å². The first kappa shape index (κ1) is 12.6. The number of aromatic nitrogens is 4. The van der Waals surface area contributed by atoms with Gasteiger partial charge in [-0.3, -0.25) is 14.3 Å². The first-order chi connectivity index (χ1) is 8.69. The lowest BCUT2D eigenvalue weighted by atomic mass is 10.4. The van der Waals surface area contributed by atoms with Crippen LogP contribution in [0.4, 0.5) is 0 Å². The Morgan fingerprint density at radius 1 is 1.39 bits per heavy atom. The topological polar surface area (TPSA) is 81.9 Å². The van der Waals surface area contributed by atoms with Crippen LogP contribution in [0.5, 0.6) is 0 Å². The van der Waals surface area contributed by atoms with Crippen molar-refractivity contribution in [3.63, 3.8) is 0 Å². The Morgan fingerprint density at radius 3 is 2.83 bits per heavy atom. The van der Waals surface area contributed by atoms with Gasteiger partial charge in [-0.05, 0) is 6.42 Å². The minimum atomic E-state index is -0.395. The molecule has 0 saturated carbocycles. The van der Waals surface area contributed by atoms with Gasteiger partial charge in [0.1, 0.15) is 5.65 Å². The molecule has 0 aromatic carbocycles. The van der Waals surface area contributed by atoms with Gasteiger partial charge in [-0.2, -0.15) is 0 Å². The van der Waals surface area contributed by atoms with E-state index in [0.717, 1.165) is 6.42 Å². The van der Waals surface area contributed by atoms with E-state index in [0.29, 0.717) is 30.9 Å². The van der Waals surface area contributed by atoms with E-state index in [4.69, 9.17) is 4.74 Å². The molecule has 0 atom stereocenters. The Morgan fingerprint density at radius 2 is 2.17 bits per heavy atom. The number of H-pyrrole nitrogens is 1. The van der Waals surface area contributed by atoms with E-state index in [2.05, 4.69) is 9.97 Å². The highest BCUT2D eigenvalue weighted by Gasteiger charge is 2.11. The smallest absolute Gasteiger partial charge is 0.330 e. The molecule has 0 unspecified atom stereocenters. The van der Waals surface area contributed by atoms with Gasteiger partial charge in [0.15, 0.2) is 5.52 Å². The summed E-state index contributed by atoms with van der Waals surface area (Å²) in [6.07, 6.45) is 2.26. The van der Waals surface area contributed by atoms with Crippen LogP contribution >= 0.6 is 0 Å². The van der Waals surface area contributed by atoms with Gasteiger partial charge in [0.05, 0.1) is 12.9 Å². The van der Waals surface area contributed by atoms with E-state index >= 15 is 0 Å². The summed E-state index contributed by atoms with van der Waals surface area (Å²) in [6.45, 7) is 3.34. The maximum atomic E-state index is 12.1. The Labute approximate surface area is 103 Å². The molecule has 2 heterocycles. The molecule has 0 radical (unpaired) electrons. The summed E-state index contributed by atoms with van der Waals surface area (Å²) in [4.78, 5) is 30.6. The lowest BCUT2D eigenvalue weighted by molar-refractivity contribution is 0.188. The number of nitrogens with one attached hydrogen (secondary N) is 1. The van der Waals surface area contributed by atoms with E-state index in [9.17, 15) is 9.59 Å². The highest BCUT2D eigenvalue weighted by atomic mass is 16.5. The maximum absolute atomic E-state index is 12.1. The SMILES string of the molecule is CCCn1c(=O)[nH]c2c(ncn2CCOC)c1=O. The molecule has 2 aromatic heterocycles. The molecular formula is C11H16N4O3. The van der Waals surface area contributed by atoms with Gasteiger partial charge < -0.3 is 9.30 Å².